The van der Waals surface area contributed by atoms with E-state index >= 15 is 0 Å². The summed E-state index contributed by atoms with van der Waals surface area (Å²) in [4.78, 5) is 26.5. The summed E-state index contributed by atoms with van der Waals surface area (Å²) in [5.74, 6) is 0.236. The van der Waals surface area contributed by atoms with Crippen molar-refractivity contribution in [2.24, 2.45) is 5.92 Å². The van der Waals surface area contributed by atoms with E-state index in [1.807, 2.05) is 45.9 Å². The topological polar surface area (TPSA) is 58.6 Å². The van der Waals surface area contributed by atoms with Gasteiger partial charge in [0.2, 0.25) is 11.8 Å². The number of aryl methyl sites for hydroxylation is 1. The van der Waals surface area contributed by atoms with E-state index < -0.39 is 0 Å². The van der Waals surface area contributed by atoms with Crippen LogP contribution in [0.25, 0.3) is 0 Å². The fourth-order valence-electron chi connectivity index (χ4n) is 2.65. The number of methoxy groups -OCH3 is 1. The molecule has 23 heavy (non-hydrogen) atoms. The third-order valence-corrected chi connectivity index (χ3v) is 4.47. The monoisotopic (exact) mass is 318 g/mol. The van der Waals surface area contributed by atoms with Crippen LogP contribution in [0.2, 0.25) is 0 Å². The standard InChI is InChI=1S/C18H26N2O3/c1-6-18(3,4)19-17(22)13-10-16(21)20(11-13)14-9-12(2)7-8-15(14)23-5/h7-9,13H,6,10-11H2,1-5H3,(H,19,22). The fraction of sp³-hybridized carbons (Fsp3) is 0.556. The van der Waals surface area contributed by atoms with Gasteiger partial charge in [0.1, 0.15) is 5.75 Å². The fourth-order valence-corrected chi connectivity index (χ4v) is 2.65. The Hall–Kier alpha value is -2.04. The lowest BCUT2D eigenvalue weighted by atomic mass is 9.99. The van der Waals surface area contributed by atoms with Gasteiger partial charge in [-0.2, -0.15) is 0 Å². The summed E-state index contributed by atoms with van der Waals surface area (Å²) in [5.41, 5.74) is 1.53. The highest BCUT2D eigenvalue weighted by atomic mass is 16.5. The van der Waals surface area contributed by atoms with Crippen LogP contribution in [0.3, 0.4) is 0 Å². The Bertz CT molecular complexity index is 610. The summed E-state index contributed by atoms with van der Waals surface area (Å²) in [7, 11) is 1.59. The third-order valence-electron chi connectivity index (χ3n) is 4.47. The Morgan fingerprint density at radius 2 is 2.13 bits per heavy atom. The average Bonchev–Trinajstić information content (AvgIpc) is 2.89. The van der Waals surface area contributed by atoms with Crippen molar-refractivity contribution in [3.63, 3.8) is 0 Å². The lowest BCUT2D eigenvalue weighted by molar-refractivity contribution is -0.127. The summed E-state index contributed by atoms with van der Waals surface area (Å²) >= 11 is 0. The molecule has 5 heteroatoms. The molecular weight excluding hydrogens is 292 g/mol. The van der Waals surface area contributed by atoms with Crippen molar-refractivity contribution in [1.82, 2.24) is 5.32 Å². The summed E-state index contributed by atoms with van der Waals surface area (Å²) < 4.78 is 5.36. The molecule has 1 aromatic rings. The number of hydrogen-bond acceptors (Lipinski definition) is 3. The first-order valence-electron chi connectivity index (χ1n) is 8.04. The first-order chi connectivity index (χ1) is 10.8. The molecule has 0 radical (unpaired) electrons. The molecule has 1 saturated heterocycles. The van der Waals surface area contributed by atoms with Gasteiger partial charge in [-0.3, -0.25) is 9.59 Å². The zero-order valence-corrected chi connectivity index (χ0v) is 14.6. The summed E-state index contributed by atoms with van der Waals surface area (Å²) in [6.07, 6.45) is 1.08. The first-order valence-corrected chi connectivity index (χ1v) is 8.04. The summed E-state index contributed by atoms with van der Waals surface area (Å²) in [5, 5.41) is 3.03. The van der Waals surface area contributed by atoms with Crippen molar-refractivity contribution in [3.05, 3.63) is 23.8 Å². The molecule has 1 aliphatic heterocycles. The molecule has 1 fully saturated rings. The van der Waals surface area contributed by atoms with Crippen molar-refractivity contribution in [1.29, 1.82) is 0 Å². The first kappa shape index (κ1) is 17.3. The lowest BCUT2D eigenvalue weighted by Crippen LogP contribution is -2.46. The van der Waals surface area contributed by atoms with Crippen molar-refractivity contribution in [3.8, 4) is 5.75 Å². The molecule has 2 rings (SSSR count). The second kappa shape index (κ2) is 6.60. The van der Waals surface area contributed by atoms with Gasteiger partial charge in [0.15, 0.2) is 0 Å². The Morgan fingerprint density at radius 3 is 2.74 bits per heavy atom. The Morgan fingerprint density at radius 1 is 1.43 bits per heavy atom. The molecule has 1 aliphatic rings. The Balaban J connectivity index is 2.17. The zero-order chi connectivity index (χ0) is 17.2. The second-order valence-electron chi connectivity index (χ2n) is 6.81. The minimum Gasteiger partial charge on any atom is -0.495 e. The van der Waals surface area contributed by atoms with Crippen molar-refractivity contribution >= 4 is 17.5 Å². The number of hydrogen-bond donors (Lipinski definition) is 1. The van der Waals surface area contributed by atoms with E-state index in [4.69, 9.17) is 4.74 Å². The normalized spacial score (nSPS) is 18.2. The van der Waals surface area contributed by atoms with E-state index in [-0.39, 0.29) is 29.7 Å². The Kier molecular flexibility index (Phi) is 4.97. The number of carbonyl (C=O) groups is 2. The molecule has 0 aliphatic carbocycles. The minimum atomic E-state index is -0.321. The Labute approximate surface area is 138 Å². The van der Waals surface area contributed by atoms with Crippen LogP contribution in [0.1, 0.15) is 39.2 Å². The molecule has 126 valence electrons. The van der Waals surface area contributed by atoms with Crippen LogP contribution in [-0.2, 0) is 9.59 Å². The molecule has 5 nitrogen and oxygen atoms in total. The molecule has 0 bridgehead atoms. The van der Waals surface area contributed by atoms with Crippen molar-refractivity contribution < 1.29 is 14.3 Å². The maximum absolute atomic E-state index is 12.4. The van der Waals surface area contributed by atoms with Crippen LogP contribution >= 0.6 is 0 Å². The number of rotatable bonds is 5. The molecule has 0 aromatic heterocycles. The second-order valence-corrected chi connectivity index (χ2v) is 6.81. The number of ether oxygens (including phenoxy) is 1. The molecule has 0 spiro atoms. The number of nitrogens with zero attached hydrogens (tertiary/aromatic N) is 1. The number of nitrogens with one attached hydrogen (secondary N) is 1. The minimum absolute atomic E-state index is 0.0386. The quantitative estimate of drug-likeness (QED) is 0.908. The van der Waals surface area contributed by atoms with Crippen molar-refractivity contribution in [2.45, 2.75) is 46.1 Å². The number of anilines is 1. The van der Waals surface area contributed by atoms with Gasteiger partial charge < -0.3 is 15.0 Å². The molecule has 1 atom stereocenters. The van der Waals surface area contributed by atoms with Gasteiger partial charge in [0.25, 0.3) is 0 Å². The lowest BCUT2D eigenvalue weighted by Gasteiger charge is -2.26. The van der Waals surface area contributed by atoms with E-state index in [9.17, 15) is 9.59 Å². The van der Waals surface area contributed by atoms with Crippen molar-refractivity contribution in [2.75, 3.05) is 18.6 Å². The van der Waals surface area contributed by atoms with Gasteiger partial charge in [-0.25, -0.2) is 0 Å². The van der Waals surface area contributed by atoms with Gasteiger partial charge in [0.05, 0.1) is 18.7 Å². The molecule has 1 unspecified atom stereocenters. The van der Waals surface area contributed by atoms with Crippen LogP contribution < -0.4 is 15.0 Å². The zero-order valence-electron chi connectivity index (χ0n) is 14.6. The predicted octanol–water partition coefficient (Wildman–Crippen LogP) is 2.66. The van der Waals surface area contributed by atoms with Gasteiger partial charge in [-0.05, 0) is 44.9 Å². The van der Waals surface area contributed by atoms with E-state index in [2.05, 4.69) is 5.32 Å². The highest BCUT2D eigenvalue weighted by molar-refractivity contribution is 6.01. The number of carbonyl (C=O) groups excluding carboxylic acids is 2. The largest absolute Gasteiger partial charge is 0.495 e. The van der Waals surface area contributed by atoms with E-state index in [0.29, 0.717) is 12.3 Å². The molecular formula is C18H26N2O3. The van der Waals surface area contributed by atoms with Gasteiger partial charge >= 0.3 is 0 Å². The van der Waals surface area contributed by atoms with E-state index in [1.165, 1.54) is 0 Å². The average molecular weight is 318 g/mol. The molecule has 2 amide bonds. The SMILES string of the molecule is CCC(C)(C)NC(=O)C1CC(=O)N(c2cc(C)ccc2OC)C1. The van der Waals surface area contributed by atoms with Crippen LogP contribution in [0.15, 0.2) is 18.2 Å². The van der Waals surface area contributed by atoms with Crippen LogP contribution in [0.4, 0.5) is 5.69 Å². The molecule has 0 saturated carbocycles. The maximum atomic E-state index is 12.4. The smallest absolute Gasteiger partial charge is 0.227 e. The highest BCUT2D eigenvalue weighted by Gasteiger charge is 2.37. The van der Waals surface area contributed by atoms with Crippen LogP contribution in [0.5, 0.6) is 5.75 Å². The summed E-state index contributed by atoms with van der Waals surface area (Å²) in [6, 6.07) is 5.72. The number of benzene rings is 1. The molecule has 1 aromatic carbocycles. The van der Waals surface area contributed by atoms with Gasteiger partial charge in [0, 0.05) is 18.5 Å². The predicted molar refractivity (Wildman–Crippen MR) is 90.7 cm³/mol. The van der Waals surface area contributed by atoms with Gasteiger partial charge in [-0.1, -0.05) is 13.0 Å². The van der Waals surface area contributed by atoms with E-state index in [0.717, 1.165) is 17.7 Å². The third kappa shape index (κ3) is 3.84. The molecule has 1 heterocycles. The van der Waals surface area contributed by atoms with Crippen LogP contribution in [-0.4, -0.2) is 31.0 Å². The number of amides is 2. The van der Waals surface area contributed by atoms with Gasteiger partial charge in [-0.15, -0.1) is 0 Å². The highest BCUT2D eigenvalue weighted by Crippen LogP contribution is 2.34. The van der Waals surface area contributed by atoms with Crippen LogP contribution in [0, 0.1) is 12.8 Å². The van der Waals surface area contributed by atoms with E-state index in [1.54, 1.807) is 12.0 Å². The summed E-state index contributed by atoms with van der Waals surface area (Å²) in [6.45, 7) is 8.37. The maximum Gasteiger partial charge on any atom is 0.227 e. The molecule has 1 N–H and O–H groups in total.